The van der Waals surface area contributed by atoms with E-state index in [4.69, 9.17) is 0 Å². The molecule has 0 spiro atoms. The van der Waals surface area contributed by atoms with Gasteiger partial charge in [-0.05, 0) is 11.5 Å². The van der Waals surface area contributed by atoms with E-state index in [0.29, 0.717) is 6.54 Å². The number of nitro benzene ring substituents is 1. The highest BCUT2D eigenvalue weighted by Crippen LogP contribution is 2.22. The van der Waals surface area contributed by atoms with Crippen LogP contribution in [0.4, 0.5) is 5.69 Å². The highest BCUT2D eigenvalue weighted by Gasteiger charge is 2.30. The van der Waals surface area contributed by atoms with Gasteiger partial charge in [0.2, 0.25) is 11.8 Å². The van der Waals surface area contributed by atoms with Gasteiger partial charge in [0, 0.05) is 31.5 Å². The second-order valence-electron chi connectivity index (χ2n) is 4.65. The first-order valence-electron chi connectivity index (χ1n) is 6.06. The molecule has 0 saturated carbocycles. The van der Waals surface area contributed by atoms with E-state index in [-0.39, 0.29) is 36.3 Å². The third-order valence-electron chi connectivity index (χ3n) is 3.28. The summed E-state index contributed by atoms with van der Waals surface area (Å²) in [6, 6.07) is 6.18. The van der Waals surface area contributed by atoms with E-state index < -0.39 is 4.92 Å². The van der Waals surface area contributed by atoms with Crippen LogP contribution in [0.1, 0.15) is 31.2 Å². The van der Waals surface area contributed by atoms with Crippen LogP contribution in [0.25, 0.3) is 0 Å². The summed E-state index contributed by atoms with van der Waals surface area (Å²) >= 11 is 0. The summed E-state index contributed by atoms with van der Waals surface area (Å²) in [6.45, 7) is 2.22. The van der Waals surface area contributed by atoms with E-state index in [1.54, 1.807) is 12.1 Å². The first-order chi connectivity index (χ1) is 8.99. The Balaban J connectivity index is 2.07. The van der Waals surface area contributed by atoms with Crippen molar-refractivity contribution in [1.29, 1.82) is 0 Å². The summed E-state index contributed by atoms with van der Waals surface area (Å²) in [5.74, 6) is -0.315. The van der Waals surface area contributed by atoms with Gasteiger partial charge in [0.25, 0.3) is 5.69 Å². The van der Waals surface area contributed by atoms with Gasteiger partial charge in [-0.1, -0.05) is 19.1 Å². The molecule has 100 valence electrons. The van der Waals surface area contributed by atoms with Crippen molar-refractivity contribution in [3.63, 3.8) is 0 Å². The number of non-ortho nitro benzene ring substituents is 1. The van der Waals surface area contributed by atoms with Crippen molar-refractivity contribution in [3.8, 4) is 0 Å². The predicted molar refractivity (Wildman–Crippen MR) is 67.5 cm³/mol. The van der Waals surface area contributed by atoms with Crippen molar-refractivity contribution in [2.45, 2.75) is 25.7 Å². The summed E-state index contributed by atoms with van der Waals surface area (Å²) in [6.07, 6.45) is 0.567. The maximum atomic E-state index is 11.5. The molecule has 0 radical (unpaired) electrons. The second kappa shape index (κ2) is 5.17. The molecule has 1 atom stereocenters. The summed E-state index contributed by atoms with van der Waals surface area (Å²) < 4.78 is 0. The number of nitrogens with zero attached hydrogens (tertiary/aromatic N) is 2. The van der Waals surface area contributed by atoms with Gasteiger partial charge in [-0.15, -0.1) is 0 Å². The summed E-state index contributed by atoms with van der Waals surface area (Å²) in [7, 11) is 0. The number of hydrogen-bond acceptors (Lipinski definition) is 4. The molecular weight excluding hydrogens is 248 g/mol. The molecule has 1 unspecified atom stereocenters. The Bertz CT molecular complexity index is 508. The molecule has 1 aromatic carbocycles. The fourth-order valence-electron chi connectivity index (χ4n) is 2.13. The minimum Gasteiger partial charge on any atom is -0.282 e. The van der Waals surface area contributed by atoms with Crippen LogP contribution in [0.15, 0.2) is 24.3 Å². The standard InChI is InChI=1S/C13H14N2O4/c1-9(8-14-12(16)6-7-13(14)17)10-2-4-11(5-3-10)15(18)19/h2-5,9H,6-8H2,1H3. The van der Waals surface area contributed by atoms with Crippen molar-refractivity contribution in [3.05, 3.63) is 39.9 Å². The minimum absolute atomic E-state index is 0.0317. The molecule has 19 heavy (non-hydrogen) atoms. The van der Waals surface area contributed by atoms with Gasteiger partial charge in [0.05, 0.1) is 4.92 Å². The average Bonchev–Trinajstić information content (AvgIpc) is 2.70. The molecule has 1 aromatic rings. The Kier molecular flexibility index (Phi) is 3.59. The van der Waals surface area contributed by atoms with Gasteiger partial charge >= 0.3 is 0 Å². The average molecular weight is 262 g/mol. The van der Waals surface area contributed by atoms with Crippen molar-refractivity contribution < 1.29 is 14.5 Å². The van der Waals surface area contributed by atoms with Crippen LogP contribution < -0.4 is 0 Å². The first-order valence-corrected chi connectivity index (χ1v) is 6.06. The highest BCUT2D eigenvalue weighted by atomic mass is 16.6. The minimum atomic E-state index is -0.456. The molecule has 1 aliphatic rings. The van der Waals surface area contributed by atoms with Gasteiger partial charge in [-0.2, -0.15) is 0 Å². The zero-order chi connectivity index (χ0) is 14.0. The van der Waals surface area contributed by atoms with Gasteiger partial charge in [-0.3, -0.25) is 24.6 Å². The topological polar surface area (TPSA) is 80.5 Å². The second-order valence-corrected chi connectivity index (χ2v) is 4.65. The fourth-order valence-corrected chi connectivity index (χ4v) is 2.13. The Hall–Kier alpha value is -2.24. The van der Waals surface area contributed by atoms with E-state index in [2.05, 4.69) is 0 Å². The molecule has 0 bridgehead atoms. The molecule has 0 N–H and O–H groups in total. The van der Waals surface area contributed by atoms with Crippen molar-refractivity contribution >= 4 is 17.5 Å². The molecular formula is C13H14N2O4. The van der Waals surface area contributed by atoms with Gasteiger partial charge in [0.15, 0.2) is 0 Å². The Morgan fingerprint density at radius 2 is 1.74 bits per heavy atom. The van der Waals surface area contributed by atoms with Gasteiger partial charge in [-0.25, -0.2) is 0 Å². The Morgan fingerprint density at radius 3 is 2.21 bits per heavy atom. The van der Waals surface area contributed by atoms with E-state index in [0.717, 1.165) is 5.56 Å². The number of likely N-dealkylation sites (tertiary alicyclic amines) is 1. The highest BCUT2D eigenvalue weighted by molar-refractivity contribution is 6.01. The third kappa shape index (κ3) is 2.78. The molecule has 2 amide bonds. The number of carbonyl (C=O) groups excluding carboxylic acids is 2. The number of hydrogen-bond donors (Lipinski definition) is 0. The monoisotopic (exact) mass is 262 g/mol. The number of carbonyl (C=O) groups is 2. The maximum absolute atomic E-state index is 11.5. The molecule has 1 heterocycles. The molecule has 1 saturated heterocycles. The SMILES string of the molecule is CC(CN1C(=O)CCC1=O)c1ccc([N+](=O)[O-])cc1. The summed E-state index contributed by atoms with van der Waals surface area (Å²) in [5, 5.41) is 10.6. The van der Waals surface area contributed by atoms with E-state index in [9.17, 15) is 19.7 Å². The largest absolute Gasteiger partial charge is 0.282 e. The van der Waals surface area contributed by atoms with E-state index in [1.165, 1.54) is 17.0 Å². The van der Waals surface area contributed by atoms with Crippen LogP contribution in [0.2, 0.25) is 0 Å². The Labute approximate surface area is 110 Å². The lowest BCUT2D eigenvalue weighted by molar-refractivity contribution is -0.384. The van der Waals surface area contributed by atoms with Crippen LogP contribution in [0.3, 0.4) is 0 Å². The van der Waals surface area contributed by atoms with Crippen LogP contribution in [-0.4, -0.2) is 28.2 Å². The fraction of sp³-hybridized carbons (Fsp3) is 0.385. The number of imide groups is 1. The number of amides is 2. The molecule has 0 aromatic heterocycles. The quantitative estimate of drug-likeness (QED) is 0.471. The lowest BCUT2D eigenvalue weighted by atomic mass is 10.0. The molecule has 1 aliphatic heterocycles. The van der Waals surface area contributed by atoms with E-state index in [1.807, 2.05) is 6.92 Å². The smallest absolute Gasteiger partial charge is 0.269 e. The van der Waals surface area contributed by atoms with Gasteiger partial charge < -0.3 is 0 Å². The van der Waals surface area contributed by atoms with Crippen molar-refractivity contribution in [1.82, 2.24) is 4.90 Å². The number of benzene rings is 1. The zero-order valence-corrected chi connectivity index (χ0v) is 10.5. The zero-order valence-electron chi connectivity index (χ0n) is 10.5. The third-order valence-corrected chi connectivity index (χ3v) is 3.28. The van der Waals surface area contributed by atoms with Crippen molar-refractivity contribution in [2.24, 2.45) is 0 Å². The van der Waals surface area contributed by atoms with E-state index >= 15 is 0 Å². The van der Waals surface area contributed by atoms with Crippen LogP contribution >= 0.6 is 0 Å². The Morgan fingerprint density at radius 1 is 1.21 bits per heavy atom. The molecule has 1 fully saturated rings. The normalized spacial score (nSPS) is 16.8. The van der Waals surface area contributed by atoms with Gasteiger partial charge in [0.1, 0.15) is 0 Å². The molecule has 2 rings (SSSR count). The molecule has 6 heteroatoms. The lowest BCUT2D eigenvalue weighted by Gasteiger charge is -2.19. The first kappa shape index (κ1) is 13.2. The maximum Gasteiger partial charge on any atom is 0.269 e. The number of rotatable bonds is 4. The lowest BCUT2D eigenvalue weighted by Crippen LogP contribution is -2.32. The van der Waals surface area contributed by atoms with Crippen LogP contribution in [-0.2, 0) is 9.59 Å². The summed E-state index contributed by atoms with van der Waals surface area (Å²) in [5.41, 5.74) is 0.905. The molecule has 0 aliphatic carbocycles. The molecule has 6 nitrogen and oxygen atoms in total. The van der Waals surface area contributed by atoms with Crippen LogP contribution in [0, 0.1) is 10.1 Å². The van der Waals surface area contributed by atoms with Crippen molar-refractivity contribution in [2.75, 3.05) is 6.54 Å². The number of nitro groups is 1. The predicted octanol–water partition coefficient (Wildman–Crippen LogP) is 1.85. The van der Waals surface area contributed by atoms with Crippen LogP contribution in [0.5, 0.6) is 0 Å². The summed E-state index contributed by atoms with van der Waals surface area (Å²) in [4.78, 5) is 34.4.